The van der Waals surface area contributed by atoms with Gasteiger partial charge in [-0.25, -0.2) is 8.42 Å². The number of hydrogen-bond acceptors (Lipinski definition) is 4. The maximum atomic E-state index is 11.7. The Kier molecular flexibility index (Phi) is 5.21. The summed E-state index contributed by atoms with van der Waals surface area (Å²) in [6.07, 6.45) is 1.55. The molecule has 1 aliphatic heterocycles. The van der Waals surface area contributed by atoms with E-state index < -0.39 is 9.84 Å². The fourth-order valence-corrected chi connectivity index (χ4v) is 2.94. The third kappa shape index (κ3) is 4.49. The van der Waals surface area contributed by atoms with Crippen LogP contribution in [0, 0.1) is 0 Å². The average molecular weight is 248 g/mol. The number of rotatable bonds is 4. The van der Waals surface area contributed by atoms with Crippen LogP contribution in [0.5, 0.6) is 0 Å². The van der Waals surface area contributed by atoms with Crippen LogP contribution in [0.2, 0.25) is 0 Å². The van der Waals surface area contributed by atoms with Crippen molar-refractivity contribution in [2.45, 2.75) is 19.8 Å². The summed E-state index contributed by atoms with van der Waals surface area (Å²) in [5, 5.41) is 3.03. The lowest BCUT2D eigenvalue weighted by molar-refractivity contribution is -0.129. The number of carbonyl (C=O) groups is 1. The van der Waals surface area contributed by atoms with E-state index in [1.165, 1.54) is 0 Å². The molecular weight excluding hydrogens is 228 g/mol. The molecule has 0 aromatic rings. The van der Waals surface area contributed by atoms with Crippen molar-refractivity contribution in [2.24, 2.45) is 0 Å². The maximum Gasteiger partial charge on any atom is 0.236 e. The quantitative estimate of drug-likeness (QED) is 0.690. The minimum Gasteiger partial charge on any atom is -0.341 e. The number of hydrogen-bond donors (Lipinski definition) is 1. The summed E-state index contributed by atoms with van der Waals surface area (Å²) < 4.78 is 22.7. The highest BCUT2D eigenvalue weighted by atomic mass is 32.2. The van der Waals surface area contributed by atoms with Gasteiger partial charge in [0.1, 0.15) is 0 Å². The lowest BCUT2D eigenvalue weighted by Crippen LogP contribution is -2.39. The first-order valence-corrected chi connectivity index (χ1v) is 7.56. The van der Waals surface area contributed by atoms with Gasteiger partial charge in [-0.05, 0) is 19.4 Å². The summed E-state index contributed by atoms with van der Waals surface area (Å²) in [7, 11) is -2.93. The minimum atomic E-state index is -2.93. The number of nitrogens with zero attached hydrogens (tertiary/aromatic N) is 1. The Balaban J connectivity index is 2.39. The van der Waals surface area contributed by atoms with Gasteiger partial charge < -0.3 is 10.2 Å². The van der Waals surface area contributed by atoms with E-state index in [-0.39, 0.29) is 17.4 Å². The molecule has 1 saturated heterocycles. The number of amides is 1. The molecule has 1 N–H and O–H groups in total. The predicted octanol–water partition coefficient (Wildman–Crippen LogP) is -0.367. The van der Waals surface area contributed by atoms with E-state index in [9.17, 15) is 13.2 Å². The molecule has 1 aliphatic rings. The standard InChI is InChI=1S/C10H20N2O3S/c1-2-4-11-9-10(13)12-5-3-7-16(14,15)8-6-12/h11H,2-9H2,1H3. The second kappa shape index (κ2) is 6.20. The molecule has 5 nitrogen and oxygen atoms in total. The second-order valence-electron chi connectivity index (χ2n) is 4.06. The Hall–Kier alpha value is -0.620. The van der Waals surface area contributed by atoms with Gasteiger partial charge in [-0.15, -0.1) is 0 Å². The molecule has 6 heteroatoms. The van der Waals surface area contributed by atoms with Crippen molar-refractivity contribution in [3.63, 3.8) is 0 Å². The molecule has 1 fully saturated rings. The van der Waals surface area contributed by atoms with Gasteiger partial charge in [0.2, 0.25) is 5.91 Å². The van der Waals surface area contributed by atoms with E-state index in [4.69, 9.17) is 0 Å². The van der Waals surface area contributed by atoms with E-state index >= 15 is 0 Å². The molecule has 0 aromatic carbocycles. The first-order chi connectivity index (χ1) is 7.55. The molecule has 0 saturated carbocycles. The lowest BCUT2D eigenvalue weighted by Gasteiger charge is -2.19. The monoisotopic (exact) mass is 248 g/mol. The molecule has 0 unspecified atom stereocenters. The SMILES string of the molecule is CCCNCC(=O)N1CCCS(=O)(=O)CC1. The maximum absolute atomic E-state index is 11.7. The van der Waals surface area contributed by atoms with Gasteiger partial charge in [-0.3, -0.25) is 4.79 Å². The van der Waals surface area contributed by atoms with Crippen molar-refractivity contribution in [3.05, 3.63) is 0 Å². The third-order valence-electron chi connectivity index (χ3n) is 2.61. The van der Waals surface area contributed by atoms with Crippen LogP contribution in [0.25, 0.3) is 0 Å². The normalized spacial score (nSPS) is 20.4. The number of nitrogens with one attached hydrogen (secondary N) is 1. The third-order valence-corrected chi connectivity index (χ3v) is 4.33. The van der Waals surface area contributed by atoms with Crippen molar-refractivity contribution in [1.29, 1.82) is 0 Å². The van der Waals surface area contributed by atoms with Crippen LogP contribution in [0.4, 0.5) is 0 Å². The Morgan fingerprint density at radius 2 is 2.06 bits per heavy atom. The van der Waals surface area contributed by atoms with Crippen LogP contribution in [0.3, 0.4) is 0 Å². The van der Waals surface area contributed by atoms with E-state index in [0.29, 0.717) is 26.1 Å². The van der Waals surface area contributed by atoms with E-state index in [1.54, 1.807) is 4.90 Å². The summed E-state index contributed by atoms with van der Waals surface area (Å²) in [6.45, 7) is 4.07. The molecule has 16 heavy (non-hydrogen) atoms. The fraction of sp³-hybridized carbons (Fsp3) is 0.900. The van der Waals surface area contributed by atoms with Gasteiger partial charge in [0.15, 0.2) is 9.84 Å². The van der Waals surface area contributed by atoms with Crippen LogP contribution in [-0.4, -0.2) is 56.9 Å². The molecule has 94 valence electrons. The Morgan fingerprint density at radius 3 is 2.75 bits per heavy atom. The fourth-order valence-electron chi connectivity index (χ4n) is 1.67. The first-order valence-electron chi connectivity index (χ1n) is 5.74. The van der Waals surface area contributed by atoms with Crippen molar-refractivity contribution < 1.29 is 13.2 Å². The van der Waals surface area contributed by atoms with Crippen LogP contribution in [-0.2, 0) is 14.6 Å². The lowest BCUT2D eigenvalue weighted by atomic mass is 10.3. The van der Waals surface area contributed by atoms with Crippen molar-refractivity contribution in [3.8, 4) is 0 Å². The van der Waals surface area contributed by atoms with Crippen LogP contribution < -0.4 is 5.32 Å². The Labute approximate surface area is 97.1 Å². The zero-order chi connectivity index (χ0) is 12.0. The molecule has 1 heterocycles. The molecule has 1 amide bonds. The van der Waals surface area contributed by atoms with Crippen molar-refractivity contribution >= 4 is 15.7 Å². The zero-order valence-corrected chi connectivity index (χ0v) is 10.6. The summed E-state index contributed by atoms with van der Waals surface area (Å²) in [4.78, 5) is 13.4. The molecule has 0 aliphatic carbocycles. The van der Waals surface area contributed by atoms with E-state index in [1.807, 2.05) is 6.92 Å². The second-order valence-corrected chi connectivity index (χ2v) is 6.37. The highest BCUT2D eigenvalue weighted by molar-refractivity contribution is 7.91. The summed E-state index contributed by atoms with van der Waals surface area (Å²) in [5.74, 6) is 0.316. The number of sulfone groups is 1. The highest BCUT2D eigenvalue weighted by Crippen LogP contribution is 2.04. The molecule has 1 rings (SSSR count). The molecular formula is C10H20N2O3S. The highest BCUT2D eigenvalue weighted by Gasteiger charge is 2.21. The number of carbonyl (C=O) groups excluding carboxylic acids is 1. The summed E-state index contributed by atoms with van der Waals surface area (Å²) in [6, 6.07) is 0. The Bertz CT molecular complexity index is 327. The summed E-state index contributed by atoms with van der Waals surface area (Å²) >= 11 is 0. The van der Waals surface area contributed by atoms with Crippen molar-refractivity contribution in [2.75, 3.05) is 37.7 Å². The molecule has 0 bridgehead atoms. The largest absolute Gasteiger partial charge is 0.341 e. The van der Waals surface area contributed by atoms with Gasteiger partial charge in [0.05, 0.1) is 18.1 Å². The van der Waals surface area contributed by atoms with Gasteiger partial charge in [-0.1, -0.05) is 6.92 Å². The summed E-state index contributed by atoms with van der Waals surface area (Å²) in [5.41, 5.74) is 0. The van der Waals surface area contributed by atoms with E-state index in [2.05, 4.69) is 5.32 Å². The molecule has 0 atom stereocenters. The predicted molar refractivity (Wildman–Crippen MR) is 63.0 cm³/mol. The van der Waals surface area contributed by atoms with Crippen LogP contribution >= 0.6 is 0 Å². The topological polar surface area (TPSA) is 66.5 Å². The van der Waals surface area contributed by atoms with Gasteiger partial charge >= 0.3 is 0 Å². The minimum absolute atomic E-state index is 0.00514. The van der Waals surface area contributed by atoms with Crippen molar-refractivity contribution in [1.82, 2.24) is 10.2 Å². The molecule has 0 spiro atoms. The van der Waals surface area contributed by atoms with Gasteiger partial charge in [0, 0.05) is 13.1 Å². The van der Waals surface area contributed by atoms with Crippen LogP contribution in [0.15, 0.2) is 0 Å². The van der Waals surface area contributed by atoms with Crippen LogP contribution in [0.1, 0.15) is 19.8 Å². The zero-order valence-electron chi connectivity index (χ0n) is 9.74. The van der Waals surface area contributed by atoms with Gasteiger partial charge in [-0.2, -0.15) is 0 Å². The average Bonchev–Trinajstić information content (AvgIpc) is 2.39. The molecule has 0 radical (unpaired) electrons. The first kappa shape index (κ1) is 13.4. The Morgan fingerprint density at radius 1 is 1.31 bits per heavy atom. The van der Waals surface area contributed by atoms with E-state index in [0.717, 1.165) is 13.0 Å². The molecule has 0 aromatic heterocycles. The smallest absolute Gasteiger partial charge is 0.236 e. The van der Waals surface area contributed by atoms with Gasteiger partial charge in [0.25, 0.3) is 0 Å².